The largest absolute Gasteiger partial charge is 0.317 e. The summed E-state index contributed by atoms with van der Waals surface area (Å²) in [4.78, 5) is 18.6. The van der Waals surface area contributed by atoms with Crippen LogP contribution in [0.4, 0.5) is 5.13 Å². The van der Waals surface area contributed by atoms with Gasteiger partial charge in [0, 0.05) is 17.3 Å². The number of hydrogen-bond acceptors (Lipinski definition) is 5. The van der Waals surface area contributed by atoms with Crippen molar-refractivity contribution in [3.8, 4) is 0 Å². The average molecular weight is 319 g/mol. The molecular formula is C15H21N5OS. The number of amides is 1. The topological polar surface area (TPSA) is 71.8 Å². The Hall–Kier alpha value is -1.73. The van der Waals surface area contributed by atoms with E-state index in [0.29, 0.717) is 5.13 Å². The van der Waals surface area contributed by atoms with Gasteiger partial charge in [0.1, 0.15) is 5.54 Å². The number of hydrogen-bond donors (Lipinski definition) is 2. The predicted molar refractivity (Wildman–Crippen MR) is 87.2 cm³/mol. The van der Waals surface area contributed by atoms with Crippen molar-refractivity contribution in [1.29, 1.82) is 0 Å². The van der Waals surface area contributed by atoms with Crippen LogP contribution in [0.15, 0.2) is 18.5 Å². The van der Waals surface area contributed by atoms with E-state index in [1.807, 2.05) is 19.2 Å². The minimum absolute atomic E-state index is 0.0193. The van der Waals surface area contributed by atoms with E-state index in [0.717, 1.165) is 42.9 Å². The van der Waals surface area contributed by atoms with Crippen LogP contribution in [-0.2, 0) is 16.8 Å². The van der Waals surface area contributed by atoms with Crippen LogP contribution < -0.4 is 10.6 Å². The van der Waals surface area contributed by atoms with Gasteiger partial charge in [0.15, 0.2) is 5.13 Å². The lowest BCUT2D eigenvalue weighted by atomic mass is 9.87. The molecule has 3 heterocycles. The highest BCUT2D eigenvalue weighted by Gasteiger charge is 2.42. The molecule has 0 aromatic carbocycles. The summed E-state index contributed by atoms with van der Waals surface area (Å²) in [6, 6.07) is 1.86. The van der Waals surface area contributed by atoms with Crippen LogP contribution in [0.2, 0.25) is 0 Å². The molecule has 118 valence electrons. The van der Waals surface area contributed by atoms with Crippen molar-refractivity contribution in [1.82, 2.24) is 20.1 Å². The van der Waals surface area contributed by atoms with Crippen LogP contribution in [0, 0.1) is 6.92 Å². The minimum atomic E-state index is -0.624. The first-order valence-electron chi connectivity index (χ1n) is 7.64. The lowest BCUT2D eigenvalue weighted by Crippen LogP contribution is -2.52. The summed E-state index contributed by atoms with van der Waals surface area (Å²) in [6.45, 7) is 5.74. The van der Waals surface area contributed by atoms with Gasteiger partial charge in [0.2, 0.25) is 0 Å². The Labute approximate surface area is 133 Å². The van der Waals surface area contributed by atoms with Gasteiger partial charge in [-0.05, 0) is 45.3 Å². The summed E-state index contributed by atoms with van der Waals surface area (Å²) >= 11 is 1.54. The van der Waals surface area contributed by atoms with Gasteiger partial charge < -0.3 is 5.32 Å². The van der Waals surface area contributed by atoms with Gasteiger partial charge in [-0.3, -0.25) is 14.8 Å². The van der Waals surface area contributed by atoms with Crippen molar-refractivity contribution in [3.05, 3.63) is 29.0 Å². The van der Waals surface area contributed by atoms with Crippen molar-refractivity contribution in [2.75, 3.05) is 18.4 Å². The molecule has 6 nitrogen and oxygen atoms in total. The van der Waals surface area contributed by atoms with E-state index < -0.39 is 5.54 Å². The number of nitrogens with one attached hydrogen (secondary N) is 2. The van der Waals surface area contributed by atoms with Gasteiger partial charge in [-0.25, -0.2) is 4.98 Å². The van der Waals surface area contributed by atoms with Crippen molar-refractivity contribution < 1.29 is 4.79 Å². The maximum Gasteiger partial charge on any atom is 0.254 e. The Morgan fingerprint density at radius 2 is 2.27 bits per heavy atom. The number of nitrogens with zero attached hydrogens (tertiary/aromatic N) is 3. The molecule has 2 aromatic rings. The number of anilines is 1. The maximum atomic E-state index is 13.0. The Balaban J connectivity index is 1.86. The third kappa shape index (κ3) is 2.66. The van der Waals surface area contributed by atoms with Crippen molar-refractivity contribution in [2.24, 2.45) is 0 Å². The van der Waals surface area contributed by atoms with Crippen LogP contribution in [0.1, 0.15) is 30.3 Å². The number of piperidine rings is 1. The summed E-state index contributed by atoms with van der Waals surface area (Å²) < 4.78 is 1.80. The molecule has 7 heteroatoms. The molecule has 2 N–H and O–H groups in total. The molecule has 1 aliphatic heterocycles. The summed E-state index contributed by atoms with van der Waals surface area (Å²) in [7, 11) is 0. The number of carbonyl (C=O) groups is 1. The van der Waals surface area contributed by atoms with E-state index in [2.05, 4.69) is 27.6 Å². The standard InChI is InChI=1S/C15H21N5OS/c1-3-12-11(2)22-14(18-12)19-13(21)15(5-8-16-9-6-15)20-10-4-7-17-20/h4,7,10,16H,3,5-6,8-9H2,1-2H3,(H,18,19,21). The lowest BCUT2D eigenvalue weighted by molar-refractivity contribution is -0.126. The zero-order chi connectivity index (χ0) is 15.6. The maximum absolute atomic E-state index is 13.0. The fourth-order valence-corrected chi connectivity index (χ4v) is 3.84. The molecule has 0 unspecified atom stereocenters. The van der Waals surface area contributed by atoms with Crippen LogP contribution >= 0.6 is 11.3 Å². The van der Waals surface area contributed by atoms with Gasteiger partial charge in [0.25, 0.3) is 5.91 Å². The van der Waals surface area contributed by atoms with Crippen LogP contribution in [0.3, 0.4) is 0 Å². The van der Waals surface area contributed by atoms with Gasteiger partial charge in [-0.2, -0.15) is 5.10 Å². The van der Waals surface area contributed by atoms with E-state index in [4.69, 9.17) is 0 Å². The van der Waals surface area contributed by atoms with Gasteiger partial charge in [-0.1, -0.05) is 6.92 Å². The fourth-order valence-electron chi connectivity index (χ4n) is 2.95. The van der Waals surface area contributed by atoms with Crippen LogP contribution in [0.5, 0.6) is 0 Å². The highest BCUT2D eigenvalue weighted by molar-refractivity contribution is 7.15. The van der Waals surface area contributed by atoms with E-state index in [9.17, 15) is 4.79 Å². The van der Waals surface area contributed by atoms with Crippen molar-refractivity contribution in [2.45, 2.75) is 38.6 Å². The molecule has 1 fully saturated rings. The molecule has 1 saturated heterocycles. The Bertz CT molecular complexity index is 643. The molecule has 2 aromatic heterocycles. The summed E-state index contributed by atoms with van der Waals surface area (Å²) in [5, 5.41) is 11.3. The first kappa shape index (κ1) is 15.2. The van der Waals surface area contributed by atoms with Gasteiger partial charge in [0.05, 0.1) is 5.69 Å². The Morgan fingerprint density at radius 3 is 2.86 bits per heavy atom. The highest BCUT2D eigenvalue weighted by atomic mass is 32.1. The number of aromatic nitrogens is 3. The first-order chi connectivity index (χ1) is 10.7. The Kier molecular flexibility index (Phi) is 4.26. The first-order valence-corrected chi connectivity index (χ1v) is 8.46. The number of carbonyl (C=O) groups excluding carboxylic acids is 1. The summed E-state index contributed by atoms with van der Waals surface area (Å²) in [5.74, 6) is -0.0193. The molecule has 0 bridgehead atoms. The second-order valence-corrected chi connectivity index (χ2v) is 6.76. The van der Waals surface area contributed by atoms with E-state index >= 15 is 0 Å². The number of thiazole rings is 1. The molecule has 3 rings (SSSR count). The average Bonchev–Trinajstić information content (AvgIpc) is 3.17. The quantitative estimate of drug-likeness (QED) is 0.903. The second kappa shape index (κ2) is 6.18. The van der Waals surface area contributed by atoms with Crippen LogP contribution in [-0.4, -0.2) is 33.8 Å². The third-order valence-electron chi connectivity index (χ3n) is 4.24. The molecule has 0 radical (unpaired) electrons. The molecule has 1 aliphatic rings. The lowest BCUT2D eigenvalue weighted by Gasteiger charge is -2.36. The van der Waals surface area contributed by atoms with E-state index in [1.165, 1.54) is 11.3 Å². The van der Waals surface area contributed by atoms with Crippen molar-refractivity contribution >= 4 is 22.4 Å². The molecule has 1 amide bonds. The molecule has 22 heavy (non-hydrogen) atoms. The molecular weight excluding hydrogens is 298 g/mol. The molecule has 0 atom stereocenters. The third-order valence-corrected chi connectivity index (χ3v) is 5.17. The summed E-state index contributed by atoms with van der Waals surface area (Å²) in [5.41, 5.74) is 0.430. The smallest absolute Gasteiger partial charge is 0.254 e. The summed E-state index contributed by atoms with van der Waals surface area (Å²) in [6.07, 6.45) is 5.93. The Morgan fingerprint density at radius 1 is 1.50 bits per heavy atom. The normalized spacial score (nSPS) is 17.4. The number of rotatable bonds is 4. The zero-order valence-corrected chi connectivity index (χ0v) is 13.7. The van der Waals surface area contributed by atoms with Gasteiger partial charge in [-0.15, -0.1) is 11.3 Å². The molecule has 0 spiro atoms. The fraction of sp³-hybridized carbons (Fsp3) is 0.533. The highest BCUT2D eigenvalue weighted by Crippen LogP contribution is 2.30. The minimum Gasteiger partial charge on any atom is -0.317 e. The monoisotopic (exact) mass is 319 g/mol. The zero-order valence-electron chi connectivity index (χ0n) is 12.9. The SMILES string of the molecule is CCc1nc(NC(=O)C2(n3cccn3)CCNCC2)sc1C. The molecule has 0 aliphatic carbocycles. The van der Waals surface area contributed by atoms with Gasteiger partial charge >= 0.3 is 0 Å². The second-order valence-electron chi connectivity index (χ2n) is 5.56. The molecule has 0 saturated carbocycles. The van der Waals surface area contributed by atoms with E-state index in [-0.39, 0.29) is 5.91 Å². The predicted octanol–water partition coefficient (Wildman–Crippen LogP) is 1.93. The van der Waals surface area contributed by atoms with Crippen LogP contribution in [0.25, 0.3) is 0 Å². The van der Waals surface area contributed by atoms with Crippen molar-refractivity contribution in [3.63, 3.8) is 0 Å². The van der Waals surface area contributed by atoms with E-state index in [1.54, 1.807) is 10.9 Å². The number of aryl methyl sites for hydroxylation is 2.